The predicted molar refractivity (Wildman–Crippen MR) is 77.1 cm³/mol. The molecule has 3 rings (SSSR count). The Bertz CT molecular complexity index is 804. The van der Waals surface area contributed by atoms with Crippen molar-refractivity contribution in [2.75, 3.05) is 6.79 Å². The molecule has 0 radical (unpaired) electrons. The van der Waals surface area contributed by atoms with Gasteiger partial charge in [-0.2, -0.15) is 0 Å². The second-order valence-electron chi connectivity index (χ2n) is 4.15. The number of rotatable bonds is 3. The van der Waals surface area contributed by atoms with Gasteiger partial charge < -0.3 is 14.2 Å². The van der Waals surface area contributed by atoms with E-state index in [-0.39, 0.29) is 16.7 Å². The summed E-state index contributed by atoms with van der Waals surface area (Å²) in [6, 6.07) is 9.04. The summed E-state index contributed by atoms with van der Waals surface area (Å²) in [5, 5.41) is 0.134. The normalized spacial score (nSPS) is 13.2. The number of halogens is 2. The second-order valence-corrected chi connectivity index (χ2v) is 7.12. The Labute approximate surface area is 130 Å². The van der Waals surface area contributed by atoms with Crippen LogP contribution in [0.25, 0.3) is 0 Å². The molecule has 110 valence electrons. The number of benzene rings is 2. The van der Waals surface area contributed by atoms with Crippen molar-refractivity contribution >= 4 is 31.3 Å². The van der Waals surface area contributed by atoms with E-state index in [2.05, 4.69) is 0 Å². The summed E-state index contributed by atoms with van der Waals surface area (Å²) in [4.78, 5) is -0.0906. The van der Waals surface area contributed by atoms with Gasteiger partial charge in [0.25, 0.3) is 9.05 Å². The minimum Gasteiger partial charge on any atom is -0.456 e. The Balaban J connectivity index is 1.88. The van der Waals surface area contributed by atoms with Crippen molar-refractivity contribution in [3.05, 3.63) is 41.4 Å². The van der Waals surface area contributed by atoms with Crippen LogP contribution in [0.3, 0.4) is 0 Å². The van der Waals surface area contributed by atoms with Gasteiger partial charge in [0.05, 0.1) is 9.92 Å². The molecule has 1 aliphatic rings. The fourth-order valence-corrected chi connectivity index (χ4v) is 2.84. The van der Waals surface area contributed by atoms with Gasteiger partial charge in [0.2, 0.25) is 6.79 Å². The molecule has 0 amide bonds. The minimum atomic E-state index is -3.83. The van der Waals surface area contributed by atoms with Crippen LogP contribution in [0, 0.1) is 0 Å². The Hall–Kier alpha value is -1.63. The van der Waals surface area contributed by atoms with E-state index in [9.17, 15) is 8.42 Å². The van der Waals surface area contributed by atoms with Gasteiger partial charge >= 0.3 is 0 Å². The van der Waals surface area contributed by atoms with Crippen molar-refractivity contribution in [1.29, 1.82) is 0 Å². The average molecular weight is 347 g/mol. The van der Waals surface area contributed by atoms with Gasteiger partial charge in [-0.1, -0.05) is 11.6 Å². The lowest BCUT2D eigenvalue weighted by molar-refractivity contribution is 0.174. The second kappa shape index (κ2) is 5.29. The smallest absolute Gasteiger partial charge is 0.261 e. The molecule has 1 aliphatic heterocycles. The van der Waals surface area contributed by atoms with E-state index in [1.54, 1.807) is 18.2 Å². The fraction of sp³-hybridized carbons (Fsp3) is 0.0769. The first-order valence-electron chi connectivity index (χ1n) is 5.75. The molecule has 1 heterocycles. The zero-order valence-electron chi connectivity index (χ0n) is 10.4. The van der Waals surface area contributed by atoms with Gasteiger partial charge in [-0.05, 0) is 30.3 Å². The maximum absolute atomic E-state index is 11.2. The van der Waals surface area contributed by atoms with Crippen LogP contribution in [0.2, 0.25) is 5.02 Å². The van der Waals surface area contributed by atoms with Gasteiger partial charge in [0, 0.05) is 16.7 Å². The average Bonchev–Trinajstić information content (AvgIpc) is 2.87. The molecule has 21 heavy (non-hydrogen) atoms. The van der Waals surface area contributed by atoms with Crippen LogP contribution >= 0.6 is 22.3 Å². The van der Waals surface area contributed by atoms with Gasteiger partial charge in [0.1, 0.15) is 11.5 Å². The Kier molecular flexibility index (Phi) is 3.61. The molecule has 5 nitrogen and oxygen atoms in total. The lowest BCUT2D eigenvalue weighted by atomic mass is 10.3. The SMILES string of the molecule is O=S(=O)(Cl)c1ccc(Oc2ccc3c(c2)OCO3)c(Cl)c1. The molecule has 2 aromatic rings. The van der Waals surface area contributed by atoms with Crippen molar-refractivity contribution in [2.45, 2.75) is 4.90 Å². The lowest BCUT2D eigenvalue weighted by Crippen LogP contribution is -1.93. The van der Waals surface area contributed by atoms with Crippen LogP contribution in [-0.2, 0) is 9.05 Å². The van der Waals surface area contributed by atoms with Crippen molar-refractivity contribution in [3.63, 3.8) is 0 Å². The zero-order valence-corrected chi connectivity index (χ0v) is 12.7. The Morgan fingerprint density at radius 2 is 1.81 bits per heavy atom. The van der Waals surface area contributed by atoms with Crippen LogP contribution in [-0.4, -0.2) is 15.2 Å². The third kappa shape index (κ3) is 3.02. The molecule has 0 saturated carbocycles. The number of hydrogen-bond acceptors (Lipinski definition) is 5. The number of hydrogen-bond donors (Lipinski definition) is 0. The van der Waals surface area contributed by atoms with Crippen molar-refractivity contribution in [3.8, 4) is 23.0 Å². The highest BCUT2D eigenvalue weighted by Gasteiger charge is 2.16. The summed E-state index contributed by atoms with van der Waals surface area (Å²) in [7, 11) is 1.42. The summed E-state index contributed by atoms with van der Waals surface area (Å²) < 4.78 is 38.5. The molecular weight excluding hydrogens is 339 g/mol. The molecule has 0 aliphatic carbocycles. The highest BCUT2D eigenvalue weighted by molar-refractivity contribution is 8.13. The highest BCUT2D eigenvalue weighted by atomic mass is 35.7. The first-order chi connectivity index (χ1) is 9.93. The van der Waals surface area contributed by atoms with Gasteiger partial charge in [-0.3, -0.25) is 0 Å². The zero-order chi connectivity index (χ0) is 15.0. The van der Waals surface area contributed by atoms with E-state index in [4.69, 9.17) is 36.5 Å². The molecule has 0 N–H and O–H groups in total. The van der Waals surface area contributed by atoms with E-state index in [1.807, 2.05) is 0 Å². The van der Waals surface area contributed by atoms with Crippen LogP contribution in [0.15, 0.2) is 41.3 Å². The molecule has 0 fully saturated rings. The first-order valence-corrected chi connectivity index (χ1v) is 8.44. The van der Waals surface area contributed by atoms with E-state index in [0.717, 1.165) is 0 Å². The highest BCUT2D eigenvalue weighted by Crippen LogP contribution is 2.38. The monoisotopic (exact) mass is 346 g/mol. The molecule has 0 bridgehead atoms. The van der Waals surface area contributed by atoms with Gasteiger partial charge in [-0.15, -0.1) is 0 Å². The molecule has 0 aromatic heterocycles. The molecule has 0 saturated heterocycles. The van der Waals surface area contributed by atoms with Crippen LogP contribution in [0.5, 0.6) is 23.0 Å². The van der Waals surface area contributed by atoms with Gasteiger partial charge in [0.15, 0.2) is 11.5 Å². The molecule has 0 atom stereocenters. The maximum Gasteiger partial charge on any atom is 0.261 e. The van der Waals surface area contributed by atoms with E-state index in [1.165, 1.54) is 18.2 Å². The third-order valence-electron chi connectivity index (χ3n) is 2.76. The quantitative estimate of drug-likeness (QED) is 0.791. The molecule has 8 heteroatoms. The summed E-state index contributed by atoms with van der Waals surface area (Å²) >= 11 is 6.00. The van der Waals surface area contributed by atoms with Crippen LogP contribution in [0.4, 0.5) is 0 Å². The summed E-state index contributed by atoms with van der Waals surface area (Å²) in [6.07, 6.45) is 0. The van der Waals surface area contributed by atoms with Crippen molar-refractivity contribution in [1.82, 2.24) is 0 Å². The van der Waals surface area contributed by atoms with E-state index >= 15 is 0 Å². The summed E-state index contributed by atoms with van der Waals surface area (Å²) in [5.41, 5.74) is 0. The minimum absolute atomic E-state index is 0.0906. The summed E-state index contributed by atoms with van der Waals surface area (Å²) in [5.74, 6) is 2.00. The van der Waals surface area contributed by atoms with Crippen LogP contribution < -0.4 is 14.2 Å². The van der Waals surface area contributed by atoms with Crippen LogP contribution in [0.1, 0.15) is 0 Å². The van der Waals surface area contributed by atoms with Crippen molar-refractivity contribution in [2.24, 2.45) is 0 Å². The first kappa shape index (κ1) is 14.3. The molecular formula is C13H8Cl2O5S. The Morgan fingerprint density at radius 1 is 1.05 bits per heavy atom. The molecule has 2 aromatic carbocycles. The number of fused-ring (bicyclic) bond motifs is 1. The largest absolute Gasteiger partial charge is 0.456 e. The maximum atomic E-state index is 11.2. The van der Waals surface area contributed by atoms with Gasteiger partial charge in [-0.25, -0.2) is 8.42 Å². The third-order valence-corrected chi connectivity index (χ3v) is 4.40. The standard InChI is InChI=1S/C13H8Cl2O5S/c14-10-6-9(21(15,16)17)2-4-11(10)20-8-1-3-12-13(5-8)19-7-18-12/h1-6H,7H2. The van der Waals surface area contributed by atoms with E-state index < -0.39 is 9.05 Å². The van der Waals surface area contributed by atoms with E-state index in [0.29, 0.717) is 23.0 Å². The number of ether oxygens (including phenoxy) is 3. The molecule has 0 spiro atoms. The summed E-state index contributed by atoms with van der Waals surface area (Å²) in [6.45, 7) is 0.168. The Morgan fingerprint density at radius 3 is 2.52 bits per heavy atom. The predicted octanol–water partition coefficient (Wildman–Crippen LogP) is 3.79. The fourth-order valence-electron chi connectivity index (χ4n) is 1.78. The van der Waals surface area contributed by atoms with Crippen molar-refractivity contribution < 1.29 is 22.6 Å². The molecule has 0 unspecified atom stereocenters. The topological polar surface area (TPSA) is 61.8 Å². The lowest BCUT2D eigenvalue weighted by Gasteiger charge is -2.09.